The summed E-state index contributed by atoms with van der Waals surface area (Å²) in [7, 11) is 1.56. The molecule has 0 saturated carbocycles. The second-order valence-corrected chi connectivity index (χ2v) is 7.27. The van der Waals surface area contributed by atoms with Gasteiger partial charge in [-0.2, -0.15) is 0 Å². The van der Waals surface area contributed by atoms with Crippen LogP contribution in [0, 0.1) is 5.92 Å². The number of halogens is 1. The molecule has 0 aliphatic heterocycles. The maximum Gasteiger partial charge on any atom is 0.234 e. The summed E-state index contributed by atoms with van der Waals surface area (Å²) < 4.78 is 10.8. The molecule has 1 amide bonds. The highest BCUT2D eigenvalue weighted by atomic mass is 35.5. The number of carbonyl (C=O) groups excluding carboxylic acids is 1. The van der Waals surface area contributed by atoms with E-state index in [0.29, 0.717) is 29.6 Å². The van der Waals surface area contributed by atoms with Gasteiger partial charge in [0.05, 0.1) is 24.8 Å². The number of carbonyl (C=O) groups is 1. The summed E-state index contributed by atoms with van der Waals surface area (Å²) in [5, 5.41) is 2.92. The first-order valence-electron chi connectivity index (χ1n) is 8.72. The first kappa shape index (κ1) is 22.6. The van der Waals surface area contributed by atoms with Gasteiger partial charge >= 0.3 is 0 Å². The molecule has 0 saturated heterocycles. The Bertz CT molecular complexity index is 759. The molecule has 0 aliphatic rings. The van der Waals surface area contributed by atoms with E-state index in [1.807, 2.05) is 38.1 Å². The number of amides is 1. The van der Waals surface area contributed by atoms with Gasteiger partial charge in [0.1, 0.15) is 11.5 Å². The number of benzene rings is 2. The fourth-order valence-electron chi connectivity index (χ4n) is 2.46. The van der Waals surface area contributed by atoms with Crippen molar-refractivity contribution in [3.8, 4) is 11.5 Å². The monoisotopic (exact) mass is 392 g/mol. The van der Waals surface area contributed by atoms with Gasteiger partial charge in [-0.15, -0.1) is 12.4 Å². The Morgan fingerprint density at radius 2 is 1.78 bits per heavy atom. The number of ether oxygens (including phenoxy) is 2. The largest absolute Gasteiger partial charge is 0.495 e. The van der Waals surface area contributed by atoms with E-state index in [9.17, 15) is 4.79 Å². The zero-order valence-corrected chi connectivity index (χ0v) is 17.4. The lowest BCUT2D eigenvalue weighted by Crippen LogP contribution is -2.34. The van der Waals surface area contributed by atoms with Crippen LogP contribution in [0.4, 0.5) is 11.4 Å². The molecule has 0 atom stereocenters. The Morgan fingerprint density at radius 3 is 2.30 bits per heavy atom. The second kappa shape index (κ2) is 9.51. The number of nitrogens with two attached hydrogens (primary N) is 1. The van der Waals surface area contributed by atoms with Crippen LogP contribution in [0.5, 0.6) is 11.5 Å². The highest BCUT2D eigenvalue weighted by molar-refractivity contribution is 5.99. The molecule has 27 heavy (non-hydrogen) atoms. The van der Waals surface area contributed by atoms with Gasteiger partial charge < -0.3 is 20.5 Å². The SMILES string of the molecule is COc1ccc(NC(=O)C(C)(C)c2ccc(OCC(C)C)cc2)cc1N.Cl. The summed E-state index contributed by atoms with van der Waals surface area (Å²) in [6, 6.07) is 12.9. The fourth-order valence-corrected chi connectivity index (χ4v) is 2.46. The summed E-state index contributed by atoms with van der Waals surface area (Å²) in [4.78, 5) is 12.8. The predicted octanol–water partition coefficient (Wildman–Crippen LogP) is 4.65. The van der Waals surface area contributed by atoms with Crippen molar-refractivity contribution >= 4 is 29.7 Å². The van der Waals surface area contributed by atoms with Gasteiger partial charge in [0.15, 0.2) is 0 Å². The van der Waals surface area contributed by atoms with Crippen molar-refractivity contribution in [1.82, 2.24) is 0 Å². The van der Waals surface area contributed by atoms with Gasteiger partial charge in [-0.3, -0.25) is 4.79 Å². The van der Waals surface area contributed by atoms with Crippen LogP contribution in [0.25, 0.3) is 0 Å². The number of hydrogen-bond acceptors (Lipinski definition) is 4. The van der Waals surface area contributed by atoms with Crippen LogP contribution >= 0.6 is 12.4 Å². The zero-order valence-electron chi connectivity index (χ0n) is 16.5. The number of rotatable bonds is 7. The first-order chi connectivity index (χ1) is 12.2. The van der Waals surface area contributed by atoms with Crippen LogP contribution in [-0.2, 0) is 10.2 Å². The Kier molecular flexibility index (Phi) is 7.98. The third kappa shape index (κ3) is 5.79. The Morgan fingerprint density at radius 1 is 1.15 bits per heavy atom. The minimum absolute atomic E-state index is 0. The molecular formula is C21H29ClN2O3. The van der Waals surface area contributed by atoms with Crippen molar-refractivity contribution in [3.63, 3.8) is 0 Å². The molecule has 0 radical (unpaired) electrons. The highest BCUT2D eigenvalue weighted by Crippen LogP contribution is 2.29. The standard InChI is InChI=1S/C21H28N2O3.ClH/c1-14(2)13-26-17-9-6-15(7-10-17)21(3,4)20(24)23-16-8-11-19(25-5)18(22)12-16;/h6-12,14H,13,22H2,1-5H3,(H,23,24);1H. The molecular weight excluding hydrogens is 364 g/mol. The second-order valence-electron chi connectivity index (χ2n) is 7.27. The van der Waals surface area contributed by atoms with Crippen LogP contribution in [0.3, 0.4) is 0 Å². The highest BCUT2D eigenvalue weighted by Gasteiger charge is 2.30. The predicted molar refractivity (Wildman–Crippen MR) is 113 cm³/mol. The lowest BCUT2D eigenvalue weighted by molar-refractivity contribution is -0.120. The van der Waals surface area contributed by atoms with E-state index < -0.39 is 5.41 Å². The van der Waals surface area contributed by atoms with E-state index in [0.717, 1.165) is 11.3 Å². The van der Waals surface area contributed by atoms with Crippen LogP contribution < -0.4 is 20.5 Å². The van der Waals surface area contributed by atoms with Crippen molar-refractivity contribution in [1.29, 1.82) is 0 Å². The average Bonchev–Trinajstić information content (AvgIpc) is 2.60. The molecule has 0 heterocycles. The van der Waals surface area contributed by atoms with Gasteiger partial charge in [-0.05, 0) is 55.7 Å². The van der Waals surface area contributed by atoms with Crippen molar-refractivity contribution in [2.75, 3.05) is 24.8 Å². The third-order valence-electron chi connectivity index (χ3n) is 4.21. The molecule has 0 aromatic heterocycles. The molecule has 148 valence electrons. The number of nitrogens with one attached hydrogen (secondary N) is 1. The first-order valence-corrected chi connectivity index (χ1v) is 8.72. The number of methoxy groups -OCH3 is 1. The van der Waals surface area contributed by atoms with E-state index >= 15 is 0 Å². The Hall–Kier alpha value is -2.40. The normalized spacial score (nSPS) is 10.9. The minimum atomic E-state index is -0.703. The minimum Gasteiger partial charge on any atom is -0.495 e. The van der Waals surface area contributed by atoms with E-state index in [1.54, 1.807) is 25.3 Å². The van der Waals surface area contributed by atoms with Crippen LogP contribution in [-0.4, -0.2) is 19.6 Å². The Balaban J connectivity index is 0.00000364. The van der Waals surface area contributed by atoms with Gasteiger partial charge in [-0.25, -0.2) is 0 Å². The zero-order chi connectivity index (χ0) is 19.3. The molecule has 0 bridgehead atoms. The molecule has 6 heteroatoms. The fraction of sp³-hybridized carbons (Fsp3) is 0.381. The molecule has 0 unspecified atom stereocenters. The average molecular weight is 393 g/mol. The van der Waals surface area contributed by atoms with E-state index in [1.165, 1.54) is 0 Å². The number of nitrogen functional groups attached to an aromatic ring is 1. The van der Waals surface area contributed by atoms with Crippen molar-refractivity contribution in [3.05, 3.63) is 48.0 Å². The topological polar surface area (TPSA) is 73.6 Å². The van der Waals surface area contributed by atoms with Crippen molar-refractivity contribution in [2.24, 2.45) is 5.92 Å². The molecule has 0 fully saturated rings. The van der Waals surface area contributed by atoms with Crippen LogP contribution in [0.1, 0.15) is 33.3 Å². The lowest BCUT2D eigenvalue weighted by Gasteiger charge is -2.24. The van der Waals surface area contributed by atoms with Gasteiger partial charge in [0.2, 0.25) is 5.91 Å². The van der Waals surface area contributed by atoms with E-state index in [4.69, 9.17) is 15.2 Å². The summed E-state index contributed by atoms with van der Waals surface area (Å²) in [6.45, 7) is 8.65. The summed E-state index contributed by atoms with van der Waals surface area (Å²) in [5.41, 5.74) is 7.23. The van der Waals surface area contributed by atoms with E-state index in [-0.39, 0.29) is 18.3 Å². The van der Waals surface area contributed by atoms with Gasteiger partial charge in [0, 0.05) is 5.69 Å². The summed E-state index contributed by atoms with van der Waals surface area (Å²) >= 11 is 0. The maximum atomic E-state index is 12.8. The molecule has 0 spiro atoms. The Labute approximate surface area is 167 Å². The van der Waals surface area contributed by atoms with Gasteiger partial charge in [0.25, 0.3) is 0 Å². The molecule has 2 aromatic rings. The lowest BCUT2D eigenvalue weighted by atomic mass is 9.83. The maximum absolute atomic E-state index is 12.8. The number of hydrogen-bond donors (Lipinski definition) is 2. The summed E-state index contributed by atoms with van der Waals surface area (Å²) in [6.07, 6.45) is 0. The molecule has 2 rings (SSSR count). The van der Waals surface area contributed by atoms with Gasteiger partial charge in [-0.1, -0.05) is 26.0 Å². The van der Waals surface area contributed by atoms with Crippen LogP contribution in [0.2, 0.25) is 0 Å². The molecule has 0 aliphatic carbocycles. The van der Waals surface area contributed by atoms with Crippen molar-refractivity contribution < 1.29 is 14.3 Å². The smallest absolute Gasteiger partial charge is 0.234 e. The number of anilines is 2. The van der Waals surface area contributed by atoms with Crippen LogP contribution in [0.15, 0.2) is 42.5 Å². The molecule has 3 N–H and O–H groups in total. The third-order valence-corrected chi connectivity index (χ3v) is 4.21. The summed E-state index contributed by atoms with van der Waals surface area (Å²) in [5.74, 6) is 1.74. The van der Waals surface area contributed by atoms with E-state index in [2.05, 4.69) is 19.2 Å². The quantitative estimate of drug-likeness (QED) is 0.672. The molecule has 5 nitrogen and oxygen atoms in total. The van der Waals surface area contributed by atoms with Crippen molar-refractivity contribution in [2.45, 2.75) is 33.1 Å². The molecule has 2 aromatic carbocycles.